The highest BCUT2D eigenvalue weighted by Gasteiger charge is 2.23. The highest BCUT2D eigenvalue weighted by atomic mass is 32.2. The van der Waals surface area contributed by atoms with Gasteiger partial charge in [0, 0.05) is 12.6 Å². The quantitative estimate of drug-likeness (QED) is 0.770. The largest absolute Gasteiger partial charge is 0.313 e. The summed E-state index contributed by atoms with van der Waals surface area (Å²) in [4.78, 5) is 0. The summed E-state index contributed by atoms with van der Waals surface area (Å²) in [6.07, 6.45) is 0.955. The van der Waals surface area contributed by atoms with Crippen LogP contribution in [0.15, 0.2) is 30.3 Å². The summed E-state index contributed by atoms with van der Waals surface area (Å²) in [5.74, 6) is 0.111. The van der Waals surface area contributed by atoms with E-state index in [2.05, 4.69) is 55.1 Å². The second-order valence-electron chi connectivity index (χ2n) is 5.83. The van der Waals surface area contributed by atoms with Crippen LogP contribution in [0.4, 0.5) is 0 Å². The van der Waals surface area contributed by atoms with E-state index in [1.807, 2.05) is 6.07 Å². The third-order valence-electron chi connectivity index (χ3n) is 3.55. The Morgan fingerprint density at radius 1 is 1.20 bits per heavy atom. The van der Waals surface area contributed by atoms with Crippen LogP contribution in [0.25, 0.3) is 0 Å². The van der Waals surface area contributed by atoms with Gasteiger partial charge in [0.25, 0.3) is 0 Å². The van der Waals surface area contributed by atoms with Crippen LogP contribution in [0.5, 0.6) is 0 Å². The lowest BCUT2D eigenvalue weighted by atomic mass is 9.79. The molecule has 0 amide bonds. The van der Waals surface area contributed by atoms with Crippen molar-refractivity contribution in [3.05, 3.63) is 35.9 Å². The highest BCUT2D eigenvalue weighted by molar-refractivity contribution is 7.89. The van der Waals surface area contributed by atoms with E-state index in [1.165, 1.54) is 12.6 Å². The molecule has 1 unspecified atom stereocenters. The molecule has 4 nitrogen and oxygen atoms in total. The molecule has 0 aromatic heterocycles. The van der Waals surface area contributed by atoms with Crippen molar-refractivity contribution in [3.63, 3.8) is 0 Å². The van der Waals surface area contributed by atoms with Crippen molar-refractivity contribution in [1.82, 2.24) is 10.0 Å². The minimum atomic E-state index is -3.12. The van der Waals surface area contributed by atoms with Gasteiger partial charge in [0.05, 0.1) is 5.75 Å². The van der Waals surface area contributed by atoms with Crippen LogP contribution < -0.4 is 10.0 Å². The molecule has 0 aliphatic carbocycles. The first-order valence-corrected chi connectivity index (χ1v) is 8.62. The Morgan fingerprint density at radius 3 is 2.35 bits per heavy atom. The fraction of sp³-hybridized carbons (Fsp3) is 0.600. The molecule has 0 bridgehead atoms. The monoisotopic (exact) mass is 298 g/mol. The number of sulfonamides is 1. The molecule has 2 N–H and O–H groups in total. The van der Waals surface area contributed by atoms with Crippen LogP contribution in [0.3, 0.4) is 0 Å². The lowest BCUT2D eigenvalue weighted by Crippen LogP contribution is -2.37. The minimum absolute atomic E-state index is 0.0650. The lowest BCUT2D eigenvalue weighted by Gasteiger charge is -2.29. The first-order chi connectivity index (χ1) is 9.27. The number of benzene rings is 1. The van der Waals surface area contributed by atoms with Crippen LogP contribution in [0.1, 0.15) is 32.8 Å². The molecule has 1 atom stereocenters. The van der Waals surface area contributed by atoms with Gasteiger partial charge in [-0.15, -0.1) is 0 Å². The maximum absolute atomic E-state index is 11.3. The van der Waals surface area contributed by atoms with E-state index in [-0.39, 0.29) is 17.2 Å². The average molecular weight is 298 g/mol. The topological polar surface area (TPSA) is 58.2 Å². The van der Waals surface area contributed by atoms with Gasteiger partial charge in [0.2, 0.25) is 10.0 Å². The third-order valence-corrected chi connectivity index (χ3v) is 4.91. The molecule has 0 heterocycles. The molecule has 1 aromatic rings. The molecule has 0 spiro atoms. The van der Waals surface area contributed by atoms with Crippen LogP contribution in [0.2, 0.25) is 0 Å². The molecule has 0 aliphatic rings. The van der Waals surface area contributed by atoms with Crippen LogP contribution >= 0.6 is 0 Å². The molecule has 0 fully saturated rings. The summed E-state index contributed by atoms with van der Waals surface area (Å²) in [6, 6.07) is 10.7. The van der Waals surface area contributed by atoms with Gasteiger partial charge in [-0.25, -0.2) is 13.1 Å². The number of hydrogen-bond acceptors (Lipinski definition) is 3. The Bertz CT molecular complexity index is 498. The molecule has 0 radical (unpaired) electrons. The van der Waals surface area contributed by atoms with Gasteiger partial charge in [-0.05, 0) is 31.4 Å². The lowest BCUT2D eigenvalue weighted by molar-refractivity contribution is 0.394. The van der Waals surface area contributed by atoms with Gasteiger partial charge in [-0.3, -0.25) is 0 Å². The average Bonchev–Trinajstić information content (AvgIpc) is 2.39. The minimum Gasteiger partial charge on any atom is -0.313 e. The second kappa shape index (κ2) is 7.20. The van der Waals surface area contributed by atoms with E-state index in [4.69, 9.17) is 0 Å². The molecule has 1 rings (SSSR count). The molecule has 0 saturated heterocycles. The maximum Gasteiger partial charge on any atom is 0.212 e. The molecule has 20 heavy (non-hydrogen) atoms. The van der Waals surface area contributed by atoms with E-state index in [1.54, 1.807) is 0 Å². The maximum atomic E-state index is 11.3. The third kappa shape index (κ3) is 5.61. The second-order valence-corrected chi connectivity index (χ2v) is 7.88. The fourth-order valence-electron chi connectivity index (χ4n) is 2.39. The Balaban J connectivity index is 2.48. The predicted octanol–water partition coefficient (Wildman–Crippen LogP) is 1.88. The number of rotatable bonds is 8. The molecular formula is C15H26N2O2S. The van der Waals surface area contributed by atoms with Gasteiger partial charge in [0.1, 0.15) is 0 Å². The van der Waals surface area contributed by atoms with Crippen molar-refractivity contribution in [2.24, 2.45) is 0 Å². The first-order valence-electron chi connectivity index (χ1n) is 6.97. The van der Waals surface area contributed by atoms with Crippen molar-refractivity contribution in [2.45, 2.75) is 38.6 Å². The van der Waals surface area contributed by atoms with E-state index in [0.717, 1.165) is 6.42 Å². The smallest absolute Gasteiger partial charge is 0.212 e. The van der Waals surface area contributed by atoms with E-state index in [0.29, 0.717) is 6.54 Å². The number of hydrogen-bond donors (Lipinski definition) is 2. The van der Waals surface area contributed by atoms with Crippen molar-refractivity contribution >= 4 is 10.0 Å². The van der Waals surface area contributed by atoms with Gasteiger partial charge in [0.15, 0.2) is 0 Å². The molecule has 114 valence electrons. The summed E-state index contributed by atoms with van der Waals surface area (Å²) < 4.78 is 25.0. The fourth-order valence-corrected chi connectivity index (χ4v) is 2.98. The van der Waals surface area contributed by atoms with Crippen molar-refractivity contribution in [1.29, 1.82) is 0 Å². The highest BCUT2D eigenvalue weighted by Crippen LogP contribution is 2.27. The summed E-state index contributed by atoms with van der Waals surface area (Å²) in [6.45, 7) is 6.99. The zero-order valence-corrected chi connectivity index (χ0v) is 13.6. The SMILES string of the molecule is CNS(=O)(=O)CCNC(C)CC(C)(C)c1ccccc1. The van der Waals surface area contributed by atoms with Crippen LogP contribution in [-0.4, -0.2) is 33.8 Å². The standard InChI is InChI=1S/C15H26N2O2S/c1-13(17-10-11-20(18,19)16-4)12-15(2,3)14-8-6-5-7-9-14/h5-9,13,16-17H,10-12H2,1-4H3. The molecule has 0 aliphatic heterocycles. The number of nitrogens with one attached hydrogen (secondary N) is 2. The Kier molecular flexibility index (Phi) is 6.17. The molecule has 5 heteroatoms. The first kappa shape index (κ1) is 17.1. The predicted molar refractivity (Wildman–Crippen MR) is 84.4 cm³/mol. The Hall–Kier alpha value is -0.910. The molecule has 0 saturated carbocycles. The summed E-state index contributed by atoms with van der Waals surface area (Å²) >= 11 is 0. The van der Waals surface area contributed by atoms with Gasteiger partial charge < -0.3 is 5.32 Å². The summed E-state index contributed by atoms with van der Waals surface area (Å²) in [5, 5.41) is 3.28. The van der Waals surface area contributed by atoms with E-state index in [9.17, 15) is 8.42 Å². The molecular weight excluding hydrogens is 272 g/mol. The Morgan fingerprint density at radius 2 is 1.80 bits per heavy atom. The van der Waals surface area contributed by atoms with Crippen molar-refractivity contribution in [3.8, 4) is 0 Å². The van der Waals surface area contributed by atoms with Gasteiger partial charge in [-0.1, -0.05) is 44.2 Å². The van der Waals surface area contributed by atoms with Gasteiger partial charge in [-0.2, -0.15) is 0 Å². The molecule has 1 aromatic carbocycles. The zero-order chi connectivity index (χ0) is 15.2. The Labute approximate surface area is 123 Å². The normalized spacial score (nSPS) is 14.2. The zero-order valence-electron chi connectivity index (χ0n) is 12.8. The van der Waals surface area contributed by atoms with Crippen molar-refractivity contribution < 1.29 is 8.42 Å². The summed E-state index contributed by atoms with van der Waals surface area (Å²) in [5.41, 5.74) is 1.37. The summed E-state index contributed by atoms with van der Waals surface area (Å²) in [7, 11) is -1.68. The van der Waals surface area contributed by atoms with Crippen molar-refractivity contribution in [2.75, 3.05) is 19.3 Å². The van der Waals surface area contributed by atoms with Gasteiger partial charge >= 0.3 is 0 Å². The van der Waals surface area contributed by atoms with Crippen LogP contribution in [0, 0.1) is 0 Å². The van der Waals surface area contributed by atoms with E-state index < -0.39 is 10.0 Å². The van der Waals surface area contributed by atoms with E-state index >= 15 is 0 Å². The van der Waals surface area contributed by atoms with Crippen LogP contribution in [-0.2, 0) is 15.4 Å².